The zero-order chi connectivity index (χ0) is 10.8. The van der Waals surface area contributed by atoms with Gasteiger partial charge >= 0.3 is 0 Å². The summed E-state index contributed by atoms with van der Waals surface area (Å²) in [5, 5.41) is -2.03. The van der Waals surface area contributed by atoms with Crippen molar-refractivity contribution in [3.8, 4) is 0 Å². The highest BCUT2D eigenvalue weighted by Gasteiger charge is 2.38. The Morgan fingerprint density at radius 2 is 1.79 bits per heavy atom. The maximum atomic E-state index is 13.8. The van der Waals surface area contributed by atoms with Crippen LogP contribution in [0.5, 0.6) is 0 Å². The van der Waals surface area contributed by atoms with E-state index in [1.54, 1.807) is 0 Å². The predicted octanol–water partition coefficient (Wildman–Crippen LogP) is 2.69. The molecule has 0 spiro atoms. The van der Waals surface area contributed by atoms with Crippen LogP contribution >= 0.6 is 0 Å². The number of rotatable bonds is 3. The van der Waals surface area contributed by atoms with E-state index in [9.17, 15) is 12.8 Å². The highest BCUT2D eigenvalue weighted by atomic mass is 32.2. The van der Waals surface area contributed by atoms with Crippen LogP contribution < -0.4 is 0 Å². The van der Waals surface area contributed by atoms with Crippen molar-refractivity contribution in [3.63, 3.8) is 0 Å². The molecule has 1 aliphatic rings. The zero-order valence-electron chi connectivity index (χ0n) is 8.92. The molecule has 0 heterocycles. The van der Waals surface area contributed by atoms with Crippen LogP contribution in [-0.2, 0) is 9.84 Å². The molecule has 0 aromatic rings. The van der Waals surface area contributed by atoms with E-state index in [2.05, 4.69) is 0 Å². The number of hydrogen-bond donors (Lipinski definition) is 0. The van der Waals surface area contributed by atoms with Gasteiger partial charge in [0.2, 0.25) is 5.00 Å². The van der Waals surface area contributed by atoms with Gasteiger partial charge in [-0.15, -0.1) is 0 Å². The third-order valence-electron chi connectivity index (χ3n) is 3.15. The lowest BCUT2D eigenvalue weighted by Gasteiger charge is -2.27. The van der Waals surface area contributed by atoms with E-state index in [0.717, 1.165) is 31.9 Å². The van der Waals surface area contributed by atoms with Gasteiger partial charge in [0.15, 0.2) is 9.84 Å². The Kier molecular flexibility index (Phi) is 3.56. The Hall–Kier alpha value is -0.120. The maximum Gasteiger partial charge on any atom is 0.208 e. The molecule has 0 aromatic carbocycles. The summed E-state index contributed by atoms with van der Waals surface area (Å²) in [6.45, 7) is 1.19. The molecule has 0 bridgehead atoms. The first kappa shape index (κ1) is 12.0. The third-order valence-corrected chi connectivity index (χ3v) is 4.86. The molecule has 1 rings (SSSR count). The van der Waals surface area contributed by atoms with Crippen LogP contribution in [-0.4, -0.2) is 19.7 Å². The van der Waals surface area contributed by atoms with Crippen LogP contribution in [0.25, 0.3) is 0 Å². The van der Waals surface area contributed by atoms with Crippen molar-refractivity contribution in [2.45, 2.75) is 50.4 Å². The number of sulfone groups is 1. The summed E-state index contributed by atoms with van der Waals surface area (Å²) in [6.07, 6.45) is 6.55. The van der Waals surface area contributed by atoms with Gasteiger partial charge in [-0.05, 0) is 19.3 Å². The number of halogens is 1. The van der Waals surface area contributed by atoms with E-state index in [4.69, 9.17) is 0 Å². The maximum absolute atomic E-state index is 13.8. The summed E-state index contributed by atoms with van der Waals surface area (Å²) in [6, 6.07) is 0. The van der Waals surface area contributed by atoms with Crippen LogP contribution in [0.3, 0.4) is 0 Å². The van der Waals surface area contributed by atoms with E-state index in [0.29, 0.717) is 0 Å². The molecule has 14 heavy (non-hydrogen) atoms. The second-order valence-electron chi connectivity index (χ2n) is 4.58. The molecular weight excluding hydrogens is 203 g/mol. The van der Waals surface area contributed by atoms with Crippen LogP contribution in [0.1, 0.15) is 45.4 Å². The highest BCUT2D eigenvalue weighted by molar-refractivity contribution is 7.91. The molecule has 4 heteroatoms. The quantitative estimate of drug-likeness (QED) is 0.735. The smallest absolute Gasteiger partial charge is 0.208 e. The Labute approximate surface area is 85.8 Å². The Balaban J connectivity index is 2.58. The fourth-order valence-electron chi connectivity index (χ4n) is 2.06. The van der Waals surface area contributed by atoms with E-state index in [1.165, 1.54) is 13.3 Å². The molecule has 84 valence electrons. The Morgan fingerprint density at radius 3 is 2.21 bits per heavy atom. The molecule has 0 radical (unpaired) electrons. The molecule has 1 atom stereocenters. The standard InChI is InChI=1S/C10H19FO2S/c1-10(11,14(2,12)13)8-9-6-4-3-5-7-9/h9H,3-8H2,1-2H3. The first-order valence-corrected chi connectivity index (χ1v) is 7.10. The normalized spacial score (nSPS) is 24.5. The van der Waals surface area contributed by atoms with Crippen LogP contribution in [0, 0.1) is 5.92 Å². The van der Waals surface area contributed by atoms with Gasteiger partial charge in [-0.2, -0.15) is 0 Å². The van der Waals surface area contributed by atoms with E-state index < -0.39 is 14.8 Å². The fraction of sp³-hybridized carbons (Fsp3) is 1.00. The van der Waals surface area contributed by atoms with Crippen LogP contribution in [0.2, 0.25) is 0 Å². The minimum Gasteiger partial charge on any atom is -0.227 e. The molecule has 1 aliphatic carbocycles. The molecule has 0 aliphatic heterocycles. The molecular formula is C10H19FO2S. The largest absolute Gasteiger partial charge is 0.227 e. The van der Waals surface area contributed by atoms with Crippen molar-refractivity contribution in [3.05, 3.63) is 0 Å². The van der Waals surface area contributed by atoms with Gasteiger partial charge in [0.05, 0.1) is 0 Å². The number of alkyl halides is 1. The van der Waals surface area contributed by atoms with Crippen molar-refractivity contribution < 1.29 is 12.8 Å². The summed E-state index contributed by atoms with van der Waals surface area (Å²) in [7, 11) is -3.57. The average molecular weight is 222 g/mol. The van der Waals surface area contributed by atoms with E-state index in [1.807, 2.05) is 0 Å². The average Bonchev–Trinajstić information content (AvgIpc) is 2.03. The van der Waals surface area contributed by atoms with Gasteiger partial charge in [-0.1, -0.05) is 32.1 Å². The fourth-order valence-corrected chi connectivity index (χ4v) is 2.60. The van der Waals surface area contributed by atoms with Crippen molar-refractivity contribution >= 4 is 9.84 Å². The lowest BCUT2D eigenvalue weighted by Crippen LogP contribution is -2.32. The summed E-state index contributed by atoms with van der Waals surface area (Å²) in [4.78, 5) is 0. The lowest BCUT2D eigenvalue weighted by molar-refractivity contribution is 0.206. The molecule has 1 unspecified atom stereocenters. The summed E-state index contributed by atoms with van der Waals surface area (Å²) in [5.41, 5.74) is 0. The van der Waals surface area contributed by atoms with Crippen molar-refractivity contribution in [1.82, 2.24) is 0 Å². The minimum absolute atomic E-state index is 0.172. The molecule has 0 N–H and O–H groups in total. The van der Waals surface area contributed by atoms with Crippen molar-refractivity contribution in [1.29, 1.82) is 0 Å². The molecule has 1 saturated carbocycles. The molecule has 0 aromatic heterocycles. The summed E-state index contributed by atoms with van der Waals surface area (Å²) in [5.74, 6) is 0.258. The molecule has 0 amide bonds. The topological polar surface area (TPSA) is 34.1 Å². The van der Waals surface area contributed by atoms with Crippen LogP contribution in [0.15, 0.2) is 0 Å². The Bertz CT molecular complexity index is 276. The zero-order valence-corrected chi connectivity index (χ0v) is 9.74. The van der Waals surface area contributed by atoms with Gasteiger partial charge in [0.1, 0.15) is 0 Å². The lowest BCUT2D eigenvalue weighted by atomic mass is 9.86. The van der Waals surface area contributed by atoms with Gasteiger partial charge in [0, 0.05) is 6.26 Å². The van der Waals surface area contributed by atoms with E-state index in [-0.39, 0.29) is 12.3 Å². The SMILES string of the molecule is CC(F)(CC1CCCCC1)S(C)(=O)=O. The van der Waals surface area contributed by atoms with Crippen molar-refractivity contribution in [2.24, 2.45) is 5.92 Å². The van der Waals surface area contributed by atoms with E-state index >= 15 is 0 Å². The van der Waals surface area contributed by atoms with Crippen LogP contribution in [0.4, 0.5) is 4.39 Å². The highest BCUT2D eigenvalue weighted by Crippen LogP contribution is 2.34. The third kappa shape index (κ3) is 2.94. The van der Waals surface area contributed by atoms with Gasteiger partial charge in [-0.25, -0.2) is 12.8 Å². The van der Waals surface area contributed by atoms with Crippen molar-refractivity contribution in [2.75, 3.05) is 6.26 Å². The van der Waals surface area contributed by atoms with Gasteiger partial charge in [0.25, 0.3) is 0 Å². The summed E-state index contributed by atoms with van der Waals surface area (Å²) < 4.78 is 36.1. The first-order chi connectivity index (χ1) is 6.33. The monoisotopic (exact) mass is 222 g/mol. The molecule has 2 nitrogen and oxygen atoms in total. The Morgan fingerprint density at radius 1 is 1.29 bits per heavy atom. The summed E-state index contributed by atoms with van der Waals surface area (Å²) >= 11 is 0. The molecule has 0 saturated heterocycles. The second-order valence-corrected chi connectivity index (χ2v) is 6.98. The predicted molar refractivity (Wildman–Crippen MR) is 55.5 cm³/mol. The first-order valence-electron chi connectivity index (χ1n) is 5.21. The second kappa shape index (κ2) is 4.17. The van der Waals surface area contributed by atoms with Gasteiger partial charge < -0.3 is 0 Å². The number of hydrogen-bond acceptors (Lipinski definition) is 2. The van der Waals surface area contributed by atoms with Gasteiger partial charge in [-0.3, -0.25) is 0 Å². The molecule has 1 fully saturated rings. The minimum atomic E-state index is -3.57.